The van der Waals surface area contributed by atoms with Crippen molar-refractivity contribution in [2.45, 2.75) is 37.1 Å². The molecule has 17 heavy (non-hydrogen) atoms. The average molecular weight is 269 g/mol. The number of anilines is 1. The van der Waals surface area contributed by atoms with E-state index in [0.717, 1.165) is 16.5 Å². The summed E-state index contributed by atoms with van der Waals surface area (Å²) in [6.07, 6.45) is 0. The van der Waals surface area contributed by atoms with Crippen LogP contribution < -0.4 is 5.73 Å². The molecule has 0 spiro atoms. The van der Waals surface area contributed by atoms with E-state index in [1.807, 2.05) is 0 Å². The van der Waals surface area contributed by atoms with Crippen LogP contribution in [0, 0.1) is 0 Å². The number of aromatic amines is 1. The highest BCUT2D eigenvalue weighted by Gasteiger charge is 2.17. The highest BCUT2D eigenvalue weighted by molar-refractivity contribution is 7.98. The van der Waals surface area contributed by atoms with Crippen molar-refractivity contribution in [3.8, 4) is 0 Å². The van der Waals surface area contributed by atoms with E-state index < -0.39 is 0 Å². The number of H-pyrrole nitrogens is 1. The van der Waals surface area contributed by atoms with E-state index >= 15 is 0 Å². The van der Waals surface area contributed by atoms with Crippen molar-refractivity contribution >= 4 is 29.0 Å². The molecule has 0 aliphatic carbocycles. The van der Waals surface area contributed by atoms with Gasteiger partial charge >= 0.3 is 0 Å². The summed E-state index contributed by atoms with van der Waals surface area (Å²) in [4.78, 5) is 8.64. The fraction of sp³-hybridized carbons (Fsp3) is 0.500. The molecule has 2 aromatic rings. The zero-order valence-electron chi connectivity index (χ0n) is 10.0. The average Bonchev–Trinajstić information content (AvgIpc) is 2.82. The largest absolute Gasteiger partial charge is 0.368 e. The van der Waals surface area contributed by atoms with Crippen molar-refractivity contribution in [1.82, 2.24) is 20.2 Å². The summed E-state index contributed by atoms with van der Waals surface area (Å²) in [7, 11) is 0. The lowest BCUT2D eigenvalue weighted by molar-refractivity contribution is 0.572. The summed E-state index contributed by atoms with van der Waals surface area (Å²) in [6, 6.07) is 0. The summed E-state index contributed by atoms with van der Waals surface area (Å²) in [6.45, 7) is 6.48. The molecule has 0 atom stereocenters. The lowest BCUT2D eigenvalue weighted by atomic mass is 9.93. The van der Waals surface area contributed by atoms with Crippen molar-refractivity contribution in [3.63, 3.8) is 0 Å². The normalized spacial score (nSPS) is 11.9. The third-order valence-electron chi connectivity index (χ3n) is 2.13. The Bertz CT molecular complexity index is 497. The Kier molecular flexibility index (Phi) is 3.39. The predicted molar refractivity (Wildman–Crippen MR) is 71.2 cm³/mol. The molecule has 5 nitrogen and oxygen atoms in total. The summed E-state index contributed by atoms with van der Waals surface area (Å²) in [5.41, 5.74) is 6.69. The Morgan fingerprint density at radius 3 is 2.71 bits per heavy atom. The quantitative estimate of drug-likeness (QED) is 0.836. The topological polar surface area (TPSA) is 80.5 Å². The number of aromatic nitrogens is 4. The molecule has 2 aromatic heterocycles. The number of rotatable bonds is 3. The fourth-order valence-electron chi connectivity index (χ4n) is 1.17. The number of nitrogens with one attached hydrogen (secondary N) is 1. The van der Waals surface area contributed by atoms with Crippen LogP contribution in [0.1, 0.15) is 31.5 Å². The second-order valence-electron chi connectivity index (χ2n) is 4.67. The molecule has 0 aromatic carbocycles. The first kappa shape index (κ1) is 12.4. The van der Waals surface area contributed by atoms with E-state index in [2.05, 4.69) is 46.3 Å². The van der Waals surface area contributed by atoms with E-state index in [1.165, 1.54) is 11.8 Å². The van der Waals surface area contributed by atoms with E-state index in [4.69, 9.17) is 5.73 Å². The van der Waals surface area contributed by atoms with Crippen LogP contribution in [0.3, 0.4) is 0 Å². The summed E-state index contributed by atoms with van der Waals surface area (Å²) in [5.74, 6) is 1.12. The summed E-state index contributed by atoms with van der Waals surface area (Å²) in [5, 5.41) is 10.4. The maximum absolute atomic E-state index is 5.45. The number of hydrogen-bond acceptors (Lipinski definition) is 6. The van der Waals surface area contributed by atoms with Crippen molar-refractivity contribution in [2.24, 2.45) is 0 Å². The number of nitrogens with two attached hydrogens (primary N) is 1. The summed E-state index contributed by atoms with van der Waals surface area (Å²) < 4.78 is 0. The molecule has 3 N–H and O–H groups in total. The van der Waals surface area contributed by atoms with Gasteiger partial charge in [0.15, 0.2) is 0 Å². The molecular formula is C10H15N5S2. The molecule has 2 rings (SSSR count). The minimum absolute atomic E-state index is 0.106. The zero-order chi connectivity index (χ0) is 12.5. The molecule has 0 aliphatic rings. The molecule has 0 unspecified atom stereocenters. The second kappa shape index (κ2) is 4.66. The minimum Gasteiger partial charge on any atom is -0.368 e. The first-order chi connectivity index (χ1) is 7.95. The van der Waals surface area contributed by atoms with Crippen LogP contribution >= 0.6 is 23.1 Å². The first-order valence-corrected chi connectivity index (χ1v) is 7.07. The number of nitrogens with zero attached hydrogens (tertiary/aromatic N) is 3. The van der Waals surface area contributed by atoms with E-state index in [0.29, 0.717) is 11.1 Å². The van der Waals surface area contributed by atoms with Crippen LogP contribution in [0.25, 0.3) is 0 Å². The van der Waals surface area contributed by atoms with Crippen LogP contribution in [0.2, 0.25) is 0 Å². The SMILES string of the molecule is CC(C)(C)c1csc(CSc2n[nH]c(N)n2)n1. The van der Waals surface area contributed by atoms with Gasteiger partial charge in [-0.1, -0.05) is 32.5 Å². The molecular weight excluding hydrogens is 254 g/mol. The summed E-state index contributed by atoms with van der Waals surface area (Å²) >= 11 is 3.21. The van der Waals surface area contributed by atoms with Gasteiger partial charge in [0.25, 0.3) is 0 Å². The lowest BCUT2D eigenvalue weighted by Crippen LogP contribution is -2.11. The van der Waals surface area contributed by atoms with Crippen molar-refractivity contribution in [2.75, 3.05) is 5.73 Å². The fourth-order valence-corrected chi connectivity index (χ4v) is 3.01. The minimum atomic E-state index is 0.106. The van der Waals surface area contributed by atoms with Crippen LogP contribution in [0.5, 0.6) is 0 Å². The number of hydrogen-bond donors (Lipinski definition) is 2. The Labute approximate surface area is 108 Å². The number of thioether (sulfide) groups is 1. The molecule has 2 heterocycles. The number of nitrogen functional groups attached to an aromatic ring is 1. The van der Waals surface area contributed by atoms with Crippen LogP contribution in [-0.4, -0.2) is 20.2 Å². The van der Waals surface area contributed by atoms with E-state index in [-0.39, 0.29) is 5.41 Å². The van der Waals surface area contributed by atoms with Gasteiger partial charge in [0.1, 0.15) is 5.01 Å². The van der Waals surface area contributed by atoms with Gasteiger partial charge in [0.05, 0.1) is 11.4 Å². The highest BCUT2D eigenvalue weighted by Crippen LogP contribution is 2.27. The van der Waals surface area contributed by atoms with Gasteiger partial charge in [-0.2, -0.15) is 4.98 Å². The molecule has 0 fully saturated rings. The predicted octanol–water partition coefficient (Wildman–Crippen LogP) is 2.43. The Hall–Kier alpha value is -1.08. The van der Waals surface area contributed by atoms with Gasteiger partial charge < -0.3 is 5.73 Å². The van der Waals surface area contributed by atoms with Crippen LogP contribution in [0.15, 0.2) is 10.5 Å². The van der Waals surface area contributed by atoms with Crippen LogP contribution in [-0.2, 0) is 11.2 Å². The number of thiazole rings is 1. The van der Waals surface area contributed by atoms with Crippen molar-refractivity contribution in [3.05, 3.63) is 16.1 Å². The molecule has 0 bridgehead atoms. The maximum Gasteiger partial charge on any atom is 0.216 e. The van der Waals surface area contributed by atoms with Crippen molar-refractivity contribution < 1.29 is 0 Å². The van der Waals surface area contributed by atoms with Gasteiger partial charge in [-0.25, -0.2) is 10.1 Å². The molecule has 92 valence electrons. The monoisotopic (exact) mass is 269 g/mol. The zero-order valence-corrected chi connectivity index (χ0v) is 11.7. The van der Waals surface area contributed by atoms with Gasteiger partial charge in [-0.15, -0.1) is 16.4 Å². The third-order valence-corrected chi connectivity index (χ3v) is 4.02. The molecule has 0 saturated carbocycles. The van der Waals surface area contributed by atoms with Gasteiger partial charge in [0, 0.05) is 10.8 Å². The highest BCUT2D eigenvalue weighted by atomic mass is 32.2. The van der Waals surface area contributed by atoms with Crippen LogP contribution in [0.4, 0.5) is 5.95 Å². The lowest BCUT2D eigenvalue weighted by Gasteiger charge is -2.14. The van der Waals surface area contributed by atoms with Gasteiger partial charge in [-0.3, -0.25) is 0 Å². The molecule has 0 saturated heterocycles. The van der Waals surface area contributed by atoms with Gasteiger partial charge in [-0.05, 0) is 0 Å². The van der Waals surface area contributed by atoms with Gasteiger partial charge in [0.2, 0.25) is 11.1 Å². The first-order valence-electron chi connectivity index (χ1n) is 5.21. The molecule has 0 amide bonds. The van der Waals surface area contributed by atoms with E-state index in [1.54, 1.807) is 11.3 Å². The third kappa shape index (κ3) is 3.19. The molecule has 7 heteroatoms. The Morgan fingerprint density at radius 1 is 1.41 bits per heavy atom. The molecule has 0 radical (unpaired) electrons. The second-order valence-corrected chi connectivity index (χ2v) is 6.55. The van der Waals surface area contributed by atoms with Crippen molar-refractivity contribution in [1.29, 1.82) is 0 Å². The van der Waals surface area contributed by atoms with E-state index in [9.17, 15) is 0 Å². The maximum atomic E-state index is 5.45. The standard InChI is InChI=1S/C10H15N5S2/c1-10(2,3)6-4-16-7(12-6)5-17-9-13-8(11)14-15-9/h4H,5H2,1-3H3,(H3,11,13,14,15). The Morgan fingerprint density at radius 2 is 2.18 bits per heavy atom. The Balaban J connectivity index is 1.98. The molecule has 0 aliphatic heterocycles. The smallest absolute Gasteiger partial charge is 0.216 e.